The van der Waals surface area contributed by atoms with E-state index in [2.05, 4.69) is 0 Å². The van der Waals surface area contributed by atoms with Crippen molar-refractivity contribution in [2.75, 3.05) is 0 Å². The van der Waals surface area contributed by atoms with E-state index in [-0.39, 0.29) is 29.8 Å². The van der Waals surface area contributed by atoms with Crippen molar-refractivity contribution >= 4 is 12.3 Å². The molecule has 0 spiro atoms. The van der Waals surface area contributed by atoms with Gasteiger partial charge < -0.3 is 9.47 Å². The van der Waals surface area contributed by atoms with Gasteiger partial charge in [0, 0.05) is 0 Å². The summed E-state index contributed by atoms with van der Waals surface area (Å²) in [5, 5.41) is 0. The maximum Gasteiger partial charge on any atom is 0.310 e. The first kappa shape index (κ1) is 18.9. The van der Waals surface area contributed by atoms with E-state index in [0.29, 0.717) is 11.3 Å². The van der Waals surface area contributed by atoms with Crippen LogP contribution >= 0.6 is 0 Å². The van der Waals surface area contributed by atoms with Gasteiger partial charge >= 0.3 is 5.97 Å². The third-order valence-electron chi connectivity index (χ3n) is 5.05. The maximum atomic E-state index is 12.5. The molecule has 1 saturated carbocycles. The Kier molecular flexibility index (Phi) is 5.45. The number of carbonyl (C=O) groups excluding carboxylic acids is 2. The van der Waals surface area contributed by atoms with Crippen molar-refractivity contribution in [3.05, 3.63) is 71.8 Å². The highest BCUT2D eigenvalue weighted by Crippen LogP contribution is 2.59. The molecule has 0 bridgehead atoms. The molecule has 2 atom stereocenters. The Morgan fingerprint density at radius 2 is 1.78 bits per heavy atom. The average Bonchev–Trinajstić information content (AvgIpc) is 3.20. The summed E-state index contributed by atoms with van der Waals surface area (Å²) in [6.07, 6.45) is 2.68. The highest BCUT2D eigenvalue weighted by atomic mass is 16.5. The van der Waals surface area contributed by atoms with E-state index in [4.69, 9.17) is 9.47 Å². The topological polar surface area (TPSA) is 52.6 Å². The zero-order valence-electron chi connectivity index (χ0n) is 15.8. The van der Waals surface area contributed by atoms with Gasteiger partial charge in [0.25, 0.3) is 0 Å². The maximum absolute atomic E-state index is 12.5. The first-order chi connectivity index (χ1) is 12.9. The predicted molar refractivity (Wildman–Crippen MR) is 103 cm³/mol. The number of ether oxygens (including phenoxy) is 2. The number of esters is 1. The van der Waals surface area contributed by atoms with Crippen molar-refractivity contribution < 1.29 is 19.1 Å². The van der Waals surface area contributed by atoms with Crippen LogP contribution in [-0.4, -0.2) is 12.3 Å². The smallest absolute Gasteiger partial charge is 0.310 e. The van der Waals surface area contributed by atoms with E-state index < -0.39 is 0 Å². The quantitative estimate of drug-likeness (QED) is 0.397. The fourth-order valence-electron chi connectivity index (χ4n) is 3.33. The van der Waals surface area contributed by atoms with Gasteiger partial charge in [-0.25, -0.2) is 0 Å². The van der Waals surface area contributed by atoms with Crippen molar-refractivity contribution in [3.63, 3.8) is 0 Å². The number of hydrogen-bond donors (Lipinski definition) is 0. The van der Waals surface area contributed by atoms with Crippen LogP contribution in [0, 0.1) is 17.3 Å². The molecule has 0 radical (unpaired) electrons. The molecule has 0 heterocycles. The largest absolute Gasteiger partial charge is 0.461 e. The highest BCUT2D eigenvalue weighted by Gasteiger charge is 2.61. The molecule has 0 amide bonds. The Bertz CT molecular complexity index is 852. The first-order valence-corrected chi connectivity index (χ1v) is 9.04. The van der Waals surface area contributed by atoms with Gasteiger partial charge in [-0.15, -0.1) is 0 Å². The Morgan fingerprint density at radius 1 is 1.07 bits per heavy atom. The number of rotatable bonds is 7. The van der Waals surface area contributed by atoms with Crippen LogP contribution in [0.2, 0.25) is 0 Å². The van der Waals surface area contributed by atoms with Crippen molar-refractivity contribution in [2.24, 2.45) is 17.3 Å². The summed E-state index contributed by atoms with van der Waals surface area (Å²) in [5.41, 5.74) is 1.33. The molecule has 140 valence electrons. The molecule has 1 fully saturated rings. The summed E-state index contributed by atoms with van der Waals surface area (Å²) >= 11 is 0. The molecule has 4 heteroatoms. The van der Waals surface area contributed by atoms with E-state index in [1.54, 1.807) is 6.92 Å². The van der Waals surface area contributed by atoms with E-state index in [9.17, 15) is 9.59 Å². The van der Waals surface area contributed by atoms with E-state index in [0.717, 1.165) is 17.6 Å². The van der Waals surface area contributed by atoms with Gasteiger partial charge in [-0.1, -0.05) is 50.3 Å². The van der Waals surface area contributed by atoms with Crippen molar-refractivity contribution in [2.45, 2.75) is 27.4 Å². The fourth-order valence-corrected chi connectivity index (χ4v) is 3.33. The van der Waals surface area contributed by atoms with Crippen LogP contribution in [0.5, 0.6) is 11.5 Å². The molecule has 1 aliphatic carbocycles. The number of para-hydroxylation sites is 1. The third-order valence-corrected chi connectivity index (χ3v) is 5.05. The molecule has 2 aromatic carbocycles. The van der Waals surface area contributed by atoms with Crippen LogP contribution in [0.4, 0.5) is 0 Å². The molecule has 0 aromatic heterocycles. The predicted octanol–water partition coefficient (Wildman–Crippen LogP) is 4.94. The molecule has 4 nitrogen and oxygen atoms in total. The summed E-state index contributed by atoms with van der Waals surface area (Å²) in [4.78, 5) is 23.3. The second-order valence-electron chi connectivity index (χ2n) is 7.52. The number of benzene rings is 2. The number of aldehydes is 1. The molecule has 0 aliphatic heterocycles. The summed E-state index contributed by atoms with van der Waals surface area (Å²) in [6.45, 7) is 5.99. The molecule has 0 N–H and O–H groups in total. The molecule has 2 unspecified atom stereocenters. The molecular formula is C23H24O4. The zero-order chi connectivity index (χ0) is 19.4. The summed E-state index contributed by atoms with van der Waals surface area (Å²) < 4.78 is 11.3. The van der Waals surface area contributed by atoms with Crippen LogP contribution in [0.15, 0.2) is 66.2 Å². The molecule has 2 aromatic rings. The molecular weight excluding hydrogens is 340 g/mol. The van der Waals surface area contributed by atoms with Gasteiger partial charge in [0.1, 0.15) is 24.4 Å². The Morgan fingerprint density at radius 3 is 2.48 bits per heavy atom. The van der Waals surface area contributed by atoms with E-state index in [1.807, 2.05) is 74.5 Å². The Hall–Kier alpha value is -2.88. The van der Waals surface area contributed by atoms with Crippen molar-refractivity contribution in [1.29, 1.82) is 0 Å². The normalized spacial score (nSPS) is 20.6. The summed E-state index contributed by atoms with van der Waals surface area (Å²) in [5.74, 6) is 1.06. The Labute approximate surface area is 159 Å². The highest BCUT2D eigenvalue weighted by molar-refractivity contribution is 5.79. The van der Waals surface area contributed by atoms with Gasteiger partial charge in [-0.2, -0.15) is 0 Å². The van der Waals surface area contributed by atoms with Crippen molar-refractivity contribution in [1.82, 2.24) is 0 Å². The third kappa shape index (κ3) is 4.45. The second kappa shape index (κ2) is 7.78. The minimum absolute atomic E-state index is 0.0444. The minimum Gasteiger partial charge on any atom is -0.461 e. The SMILES string of the molecule is CC(C=O)=CC1C(C(=O)OCc2cccc(Oc3ccccc3)c2)C1(C)C. The first-order valence-electron chi connectivity index (χ1n) is 9.04. The summed E-state index contributed by atoms with van der Waals surface area (Å²) in [6, 6.07) is 17.0. The van der Waals surface area contributed by atoms with E-state index in [1.165, 1.54) is 0 Å². The van der Waals surface area contributed by atoms with Crippen LogP contribution in [-0.2, 0) is 20.9 Å². The van der Waals surface area contributed by atoms with Crippen LogP contribution in [0.3, 0.4) is 0 Å². The standard InChI is InChI=1S/C23H24O4/c1-16(14-24)12-20-21(23(20,2)3)22(25)26-15-17-8-7-11-19(13-17)27-18-9-5-4-6-10-18/h4-14,20-21H,15H2,1-3H3. The number of hydrogen-bond acceptors (Lipinski definition) is 4. The molecule has 0 saturated heterocycles. The lowest BCUT2D eigenvalue weighted by Gasteiger charge is -2.09. The molecule has 3 rings (SSSR count). The minimum atomic E-state index is -0.227. The van der Waals surface area contributed by atoms with E-state index >= 15 is 0 Å². The van der Waals surface area contributed by atoms with Crippen molar-refractivity contribution in [3.8, 4) is 11.5 Å². The monoisotopic (exact) mass is 364 g/mol. The van der Waals surface area contributed by atoms with Gasteiger partial charge in [-0.3, -0.25) is 9.59 Å². The van der Waals surface area contributed by atoms with Crippen LogP contribution in [0.25, 0.3) is 0 Å². The Balaban J connectivity index is 1.60. The fraction of sp³-hybridized carbons (Fsp3) is 0.304. The number of carbonyl (C=O) groups is 2. The molecule has 1 aliphatic rings. The van der Waals surface area contributed by atoms with Gasteiger partial charge in [0.2, 0.25) is 0 Å². The average molecular weight is 364 g/mol. The van der Waals surface area contributed by atoms with Crippen LogP contribution < -0.4 is 4.74 Å². The van der Waals surface area contributed by atoms with Gasteiger partial charge in [0.05, 0.1) is 5.92 Å². The lowest BCUT2D eigenvalue weighted by molar-refractivity contribution is -0.147. The lowest BCUT2D eigenvalue weighted by Crippen LogP contribution is -2.10. The lowest BCUT2D eigenvalue weighted by atomic mass is 10.1. The van der Waals surface area contributed by atoms with Gasteiger partial charge in [0.15, 0.2) is 0 Å². The second-order valence-corrected chi connectivity index (χ2v) is 7.52. The zero-order valence-corrected chi connectivity index (χ0v) is 15.8. The summed E-state index contributed by atoms with van der Waals surface area (Å²) in [7, 11) is 0. The van der Waals surface area contributed by atoms with Crippen LogP contribution in [0.1, 0.15) is 26.3 Å². The molecule has 27 heavy (non-hydrogen) atoms. The van der Waals surface area contributed by atoms with Gasteiger partial charge in [-0.05, 0) is 53.7 Å². The number of allylic oxidation sites excluding steroid dienone is 2.